The first kappa shape index (κ1) is 13.0. The summed E-state index contributed by atoms with van der Waals surface area (Å²) in [6.07, 6.45) is 1.81. The molecule has 2 N–H and O–H groups in total. The Labute approximate surface area is 126 Å². The number of anilines is 1. The number of aromatic nitrogens is 1. The number of H-pyrrole nitrogens is 1. The molecular weight excluding hydrogens is 304 g/mol. The van der Waals surface area contributed by atoms with E-state index in [1.165, 1.54) is 12.1 Å². The fourth-order valence-electron chi connectivity index (χ4n) is 2.37. The molecule has 4 rings (SSSR count). The lowest BCUT2D eigenvalue weighted by atomic mass is 10.2. The smallest absolute Gasteiger partial charge is 0.262 e. The molecule has 0 amide bonds. The molecule has 0 atom stereocenters. The van der Waals surface area contributed by atoms with E-state index in [1.54, 1.807) is 24.4 Å². The number of ether oxygens (including phenoxy) is 2. The molecule has 0 aliphatic carbocycles. The Morgan fingerprint density at radius 3 is 2.77 bits per heavy atom. The summed E-state index contributed by atoms with van der Waals surface area (Å²) in [5.41, 5.74) is 1.45. The largest absolute Gasteiger partial charge is 0.454 e. The number of aromatic amines is 1. The van der Waals surface area contributed by atoms with E-state index in [0.29, 0.717) is 17.2 Å². The zero-order chi connectivity index (χ0) is 15.2. The lowest BCUT2D eigenvalue weighted by Gasteiger charge is -2.09. The van der Waals surface area contributed by atoms with E-state index in [9.17, 15) is 8.42 Å². The summed E-state index contributed by atoms with van der Waals surface area (Å²) in [5, 5.41) is 0.936. The minimum Gasteiger partial charge on any atom is -0.454 e. The van der Waals surface area contributed by atoms with Crippen LogP contribution in [0.25, 0.3) is 10.9 Å². The van der Waals surface area contributed by atoms with Gasteiger partial charge in [-0.15, -0.1) is 0 Å². The molecule has 2 heterocycles. The van der Waals surface area contributed by atoms with Crippen LogP contribution in [0.5, 0.6) is 11.5 Å². The topological polar surface area (TPSA) is 80.4 Å². The highest BCUT2D eigenvalue weighted by molar-refractivity contribution is 7.92. The number of sulfonamides is 1. The third kappa shape index (κ3) is 2.15. The van der Waals surface area contributed by atoms with Crippen molar-refractivity contribution in [1.29, 1.82) is 0 Å². The van der Waals surface area contributed by atoms with E-state index in [4.69, 9.17) is 9.47 Å². The van der Waals surface area contributed by atoms with Crippen molar-refractivity contribution >= 4 is 26.6 Å². The molecule has 0 unspecified atom stereocenters. The number of benzene rings is 2. The second kappa shape index (κ2) is 4.67. The molecule has 6 nitrogen and oxygen atoms in total. The zero-order valence-electron chi connectivity index (χ0n) is 11.4. The van der Waals surface area contributed by atoms with Crippen LogP contribution in [0, 0.1) is 0 Å². The average molecular weight is 316 g/mol. The third-order valence-corrected chi connectivity index (χ3v) is 4.84. The van der Waals surface area contributed by atoms with E-state index in [1.807, 2.05) is 12.1 Å². The van der Waals surface area contributed by atoms with E-state index >= 15 is 0 Å². The van der Waals surface area contributed by atoms with Crippen molar-refractivity contribution < 1.29 is 17.9 Å². The average Bonchev–Trinajstić information content (AvgIpc) is 3.14. The van der Waals surface area contributed by atoms with Crippen molar-refractivity contribution in [1.82, 2.24) is 4.98 Å². The first-order valence-corrected chi connectivity index (χ1v) is 8.10. The number of hydrogen-bond donors (Lipinski definition) is 2. The summed E-state index contributed by atoms with van der Waals surface area (Å²) >= 11 is 0. The maximum absolute atomic E-state index is 12.5. The fraction of sp³-hybridized carbons (Fsp3) is 0.0667. The van der Waals surface area contributed by atoms with Crippen LogP contribution in [-0.4, -0.2) is 20.2 Å². The fourth-order valence-corrected chi connectivity index (χ4v) is 3.44. The van der Waals surface area contributed by atoms with Gasteiger partial charge in [0, 0.05) is 28.9 Å². The molecule has 0 fully saturated rings. The van der Waals surface area contributed by atoms with Crippen LogP contribution in [-0.2, 0) is 10.0 Å². The molecule has 1 aromatic heterocycles. The highest BCUT2D eigenvalue weighted by Gasteiger charge is 2.20. The van der Waals surface area contributed by atoms with Gasteiger partial charge in [0.1, 0.15) is 0 Å². The van der Waals surface area contributed by atoms with E-state index < -0.39 is 10.0 Å². The SMILES string of the molecule is O=S(=O)(Nc1ccc2[nH]ccc2c1)c1ccc2c(c1)OCO2. The second-order valence-electron chi connectivity index (χ2n) is 4.90. The number of hydrogen-bond acceptors (Lipinski definition) is 4. The minimum absolute atomic E-state index is 0.108. The Bertz CT molecular complexity index is 963. The Kier molecular flexibility index (Phi) is 2.77. The third-order valence-electron chi connectivity index (χ3n) is 3.46. The van der Waals surface area contributed by atoms with Crippen molar-refractivity contribution in [2.75, 3.05) is 11.5 Å². The molecule has 3 aromatic rings. The van der Waals surface area contributed by atoms with Crippen molar-refractivity contribution in [2.45, 2.75) is 4.90 Å². The van der Waals surface area contributed by atoms with Gasteiger partial charge in [-0.05, 0) is 36.4 Å². The minimum atomic E-state index is -3.68. The van der Waals surface area contributed by atoms with Gasteiger partial charge < -0.3 is 14.5 Å². The number of fused-ring (bicyclic) bond motifs is 2. The predicted octanol–water partition coefficient (Wildman–Crippen LogP) is 2.70. The zero-order valence-corrected chi connectivity index (χ0v) is 12.2. The van der Waals surface area contributed by atoms with Crippen LogP contribution >= 0.6 is 0 Å². The van der Waals surface area contributed by atoms with Gasteiger partial charge in [-0.2, -0.15) is 0 Å². The Morgan fingerprint density at radius 1 is 1.00 bits per heavy atom. The van der Waals surface area contributed by atoms with E-state index in [-0.39, 0.29) is 11.7 Å². The van der Waals surface area contributed by atoms with Gasteiger partial charge in [-0.25, -0.2) is 8.42 Å². The summed E-state index contributed by atoms with van der Waals surface area (Å²) < 4.78 is 37.9. The quantitative estimate of drug-likeness (QED) is 0.778. The van der Waals surface area contributed by atoms with Crippen LogP contribution in [0.1, 0.15) is 0 Å². The van der Waals surface area contributed by atoms with Crippen molar-refractivity contribution in [2.24, 2.45) is 0 Å². The molecule has 0 bridgehead atoms. The van der Waals surface area contributed by atoms with Crippen LogP contribution in [0.15, 0.2) is 53.6 Å². The summed E-state index contributed by atoms with van der Waals surface area (Å²) in [4.78, 5) is 3.19. The Balaban J connectivity index is 1.68. The van der Waals surface area contributed by atoms with Crippen molar-refractivity contribution in [3.63, 3.8) is 0 Å². The first-order valence-electron chi connectivity index (χ1n) is 6.61. The summed E-state index contributed by atoms with van der Waals surface area (Å²) in [5.74, 6) is 0.983. The highest BCUT2D eigenvalue weighted by atomic mass is 32.2. The van der Waals surface area contributed by atoms with Crippen LogP contribution in [0.3, 0.4) is 0 Å². The summed E-state index contributed by atoms with van der Waals surface area (Å²) in [6, 6.07) is 11.7. The molecule has 0 spiro atoms. The van der Waals surface area contributed by atoms with Crippen LogP contribution < -0.4 is 14.2 Å². The number of nitrogens with one attached hydrogen (secondary N) is 2. The van der Waals surface area contributed by atoms with Gasteiger partial charge in [0.2, 0.25) is 6.79 Å². The normalized spacial score (nSPS) is 13.5. The van der Waals surface area contributed by atoms with Gasteiger partial charge in [0.05, 0.1) is 4.90 Å². The highest BCUT2D eigenvalue weighted by Crippen LogP contribution is 2.34. The monoisotopic (exact) mass is 316 g/mol. The molecule has 0 saturated heterocycles. The van der Waals surface area contributed by atoms with Crippen LogP contribution in [0.4, 0.5) is 5.69 Å². The van der Waals surface area contributed by atoms with Gasteiger partial charge in [0.15, 0.2) is 11.5 Å². The molecular formula is C15H12N2O4S. The molecule has 1 aliphatic heterocycles. The summed E-state index contributed by atoms with van der Waals surface area (Å²) in [7, 11) is -3.68. The maximum atomic E-state index is 12.5. The molecule has 0 saturated carbocycles. The van der Waals surface area contributed by atoms with Gasteiger partial charge in [0.25, 0.3) is 10.0 Å². The van der Waals surface area contributed by atoms with Crippen molar-refractivity contribution in [3.8, 4) is 11.5 Å². The Hall–Kier alpha value is -2.67. The molecule has 22 heavy (non-hydrogen) atoms. The standard InChI is InChI=1S/C15H12N2O4S/c18-22(19,12-2-4-14-15(8-12)21-9-20-14)17-11-1-3-13-10(7-11)5-6-16-13/h1-8,16-17H,9H2. The Morgan fingerprint density at radius 2 is 1.86 bits per heavy atom. The van der Waals surface area contributed by atoms with Crippen LogP contribution in [0.2, 0.25) is 0 Å². The number of rotatable bonds is 3. The second-order valence-corrected chi connectivity index (χ2v) is 6.58. The predicted molar refractivity (Wildman–Crippen MR) is 81.7 cm³/mol. The molecule has 0 radical (unpaired) electrons. The lowest BCUT2D eigenvalue weighted by Crippen LogP contribution is -2.12. The summed E-state index contributed by atoms with van der Waals surface area (Å²) in [6.45, 7) is 0.108. The van der Waals surface area contributed by atoms with Gasteiger partial charge >= 0.3 is 0 Å². The molecule has 7 heteroatoms. The van der Waals surface area contributed by atoms with E-state index in [2.05, 4.69) is 9.71 Å². The lowest BCUT2D eigenvalue weighted by molar-refractivity contribution is 0.174. The maximum Gasteiger partial charge on any atom is 0.262 e. The van der Waals surface area contributed by atoms with Gasteiger partial charge in [-0.3, -0.25) is 4.72 Å². The van der Waals surface area contributed by atoms with Gasteiger partial charge in [-0.1, -0.05) is 0 Å². The molecule has 112 valence electrons. The van der Waals surface area contributed by atoms with Crippen molar-refractivity contribution in [3.05, 3.63) is 48.7 Å². The molecule has 2 aromatic carbocycles. The molecule has 1 aliphatic rings. The first-order chi connectivity index (χ1) is 10.6. The van der Waals surface area contributed by atoms with E-state index in [0.717, 1.165) is 10.9 Å².